The lowest BCUT2D eigenvalue weighted by Crippen LogP contribution is -2.34. The van der Waals surface area contributed by atoms with E-state index in [4.69, 9.17) is 4.74 Å². The van der Waals surface area contributed by atoms with Crippen molar-refractivity contribution < 1.29 is 9.53 Å². The van der Waals surface area contributed by atoms with Gasteiger partial charge in [-0.05, 0) is 35.2 Å². The molecule has 1 aliphatic heterocycles. The lowest BCUT2D eigenvalue weighted by molar-refractivity contribution is -0.124. The van der Waals surface area contributed by atoms with Crippen LogP contribution in [0.25, 0.3) is 0 Å². The van der Waals surface area contributed by atoms with E-state index in [9.17, 15) is 9.59 Å². The number of rotatable bonds is 3. The van der Waals surface area contributed by atoms with Gasteiger partial charge in [0, 0.05) is 32.0 Å². The molecule has 0 radical (unpaired) electrons. The third kappa shape index (κ3) is 3.49. The lowest BCUT2D eigenvalue weighted by atomic mass is 9.93. The van der Waals surface area contributed by atoms with Crippen LogP contribution in [-0.4, -0.2) is 23.2 Å². The number of aromatic nitrogens is 1. The Morgan fingerprint density at radius 3 is 3.00 bits per heavy atom. The average molecular weight is 343 g/mol. The van der Waals surface area contributed by atoms with E-state index in [-0.39, 0.29) is 23.4 Å². The van der Waals surface area contributed by atoms with Crippen LogP contribution in [0.5, 0.6) is 0 Å². The summed E-state index contributed by atoms with van der Waals surface area (Å²) in [6, 6.07) is 0. The third-order valence-corrected chi connectivity index (χ3v) is 4.13. The molecule has 0 aromatic carbocycles. The molecule has 1 fully saturated rings. The number of aryl methyl sites for hydroxylation is 1. The zero-order valence-electron chi connectivity index (χ0n) is 11.7. The largest absolute Gasteiger partial charge is 0.378 e. The number of anilines is 1. The van der Waals surface area contributed by atoms with Crippen molar-refractivity contribution in [3.8, 4) is 0 Å². The minimum Gasteiger partial charge on any atom is -0.378 e. The maximum absolute atomic E-state index is 12.3. The molecule has 1 amide bonds. The number of nitrogens with one attached hydrogen (secondary N) is 1. The van der Waals surface area contributed by atoms with Gasteiger partial charge < -0.3 is 14.6 Å². The molecule has 0 aliphatic carbocycles. The Balaban J connectivity index is 2.10. The van der Waals surface area contributed by atoms with Crippen molar-refractivity contribution in [1.29, 1.82) is 0 Å². The zero-order valence-corrected chi connectivity index (χ0v) is 13.3. The Labute approximate surface area is 126 Å². The minimum atomic E-state index is -0.199. The maximum atomic E-state index is 12.3. The highest BCUT2D eigenvalue weighted by Gasteiger charge is 2.27. The van der Waals surface area contributed by atoms with Crippen LogP contribution in [-0.2, 0) is 16.6 Å². The molecule has 110 valence electrons. The van der Waals surface area contributed by atoms with E-state index in [1.54, 1.807) is 24.0 Å². The first-order valence-corrected chi connectivity index (χ1v) is 7.58. The fourth-order valence-corrected chi connectivity index (χ4v) is 2.93. The van der Waals surface area contributed by atoms with Crippen LogP contribution in [0.15, 0.2) is 21.7 Å². The molecule has 6 heteroatoms. The first-order valence-electron chi connectivity index (χ1n) is 6.79. The molecule has 2 atom stereocenters. The van der Waals surface area contributed by atoms with Crippen LogP contribution in [0, 0.1) is 5.92 Å². The summed E-state index contributed by atoms with van der Waals surface area (Å²) in [5.74, 6) is -0.181. The molecule has 2 heterocycles. The van der Waals surface area contributed by atoms with Crippen molar-refractivity contribution in [1.82, 2.24) is 4.57 Å². The summed E-state index contributed by atoms with van der Waals surface area (Å²) in [5, 5.41) is 2.75. The number of nitrogens with zero attached hydrogens (tertiary/aromatic N) is 1. The van der Waals surface area contributed by atoms with Gasteiger partial charge in [-0.2, -0.15) is 0 Å². The predicted octanol–water partition coefficient (Wildman–Crippen LogP) is 2.29. The van der Waals surface area contributed by atoms with Gasteiger partial charge in [0.15, 0.2) is 0 Å². The number of amides is 1. The first kappa shape index (κ1) is 15.3. The summed E-state index contributed by atoms with van der Waals surface area (Å²) in [6.07, 6.45) is 5.77. The molecule has 2 rings (SSSR count). The van der Waals surface area contributed by atoms with Crippen LogP contribution < -0.4 is 10.7 Å². The molecule has 1 saturated heterocycles. The second-order valence-electron chi connectivity index (χ2n) is 5.13. The van der Waals surface area contributed by atoms with E-state index < -0.39 is 0 Å². The van der Waals surface area contributed by atoms with Crippen molar-refractivity contribution in [3.05, 3.63) is 27.1 Å². The SMILES string of the molecule is CC[C@@H]1C[C@H](C(=O)Nc2cn(C)cc(Br)c2=O)CCO1. The van der Waals surface area contributed by atoms with Gasteiger partial charge in [-0.3, -0.25) is 9.59 Å². The highest BCUT2D eigenvalue weighted by atomic mass is 79.9. The van der Waals surface area contributed by atoms with Crippen LogP contribution in [0.4, 0.5) is 5.69 Å². The highest BCUT2D eigenvalue weighted by molar-refractivity contribution is 9.10. The highest BCUT2D eigenvalue weighted by Crippen LogP contribution is 2.23. The fourth-order valence-electron chi connectivity index (χ4n) is 2.39. The number of pyridine rings is 1. The van der Waals surface area contributed by atoms with E-state index in [0.29, 0.717) is 23.2 Å². The molecule has 1 aromatic heterocycles. The summed E-state index contributed by atoms with van der Waals surface area (Å²) in [6.45, 7) is 2.65. The fraction of sp³-hybridized carbons (Fsp3) is 0.571. The number of hydrogen-bond donors (Lipinski definition) is 1. The summed E-state index contributed by atoms with van der Waals surface area (Å²) < 4.78 is 7.74. The number of ether oxygens (including phenoxy) is 1. The molecular formula is C14H19BrN2O3. The maximum Gasteiger partial charge on any atom is 0.227 e. The van der Waals surface area contributed by atoms with Gasteiger partial charge in [0.05, 0.1) is 10.6 Å². The van der Waals surface area contributed by atoms with Gasteiger partial charge in [0.25, 0.3) is 0 Å². The quantitative estimate of drug-likeness (QED) is 0.916. The molecule has 0 saturated carbocycles. The van der Waals surface area contributed by atoms with Crippen LogP contribution in [0.2, 0.25) is 0 Å². The third-order valence-electron chi connectivity index (χ3n) is 3.56. The van der Waals surface area contributed by atoms with Gasteiger partial charge >= 0.3 is 0 Å². The number of halogens is 1. The van der Waals surface area contributed by atoms with Crippen LogP contribution in [0.3, 0.4) is 0 Å². The molecule has 0 bridgehead atoms. The van der Waals surface area contributed by atoms with Crippen molar-refractivity contribution in [3.63, 3.8) is 0 Å². The second kappa shape index (κ2) is 6.54. The Bertz CT molecular complexity index is 556. The predicted molar refractivity (Wildman–Crippen MR) is 80.8 cm³/mol. The first-order chi connectivity index (χ1) is 9.51. The summed E-state index contributed by atoms with van der Waals surface area (Å²) in [5.41, 5.74) is 0.113. The smallest absolute Gasteiger partial charge is 0.227 e. The van der Waals surface area contributed by atoms with Gasteiger partial charge in [-0.25, -0.2) is 0 Å². The Morgan fingerprint density at radius 2 is 2.30 bits per heavy atom. The molecule has 1 N–H and O–H groups in total. The molecular weight excluding hydrogens is 324 g/mol. The average Bonchev–Trinajstić information content (AvgIpc) is 2.44. The number of carbonyl (C=O) groups excluding carboxylic acids is 1. The van der Waals surface area contributed by atoms with Crippen molar-refractivity contribution >= 4 is 27.5 Å². The normalized spacial score (nSPS) is 22.6. The molecule has 1 aromatic rings. The number of hydrogen-bond acceptors (Lipinski definition) is 3. The van der Waals surface area contributed by atoms with E-state index in [2.05, 4.69) is 28.2 Å². The second-order valence-corrected chi connectivity index (χ2v) is 5.98. The molecule has 20 heavy (non-hydrogen) atoms. The summed E-state index contributed by atoms with van der Waals surface area (Å²) >= 11 is 3.20. The number of carbonyl (C=O) groups is 1. The van der Waals surface area contributed by atoms with Gasteiger partial charge in [-0.1, -0.05) is 6.92 Å². The van der Waals surface area contributed by atoms with Gasteiger partial charge in [-0.15, -0.1) is 0 Å². The van der Waals surface area contributed by atoms with E-state index in [1.165, 1.54) is 0 Å². The Morgan fingerprint density at radius 1 is 1.55 bits per heavy atom. The van der Waals surface area contributed by atoms with Crippen molar-refractivity contribution in [2.45, 2.75) is 32.3 Å². The topological polar surface area (TPSA) is 60.3 Å². The summed E-state index contributed by atoms with van der Waals surface area (Å²) in [7, 11) is 1.81. The minimum absolute atomic E-state index is 0.0858. The lowest BCUT2D eigenvalue weighted by Gasteiger charge is -2.28. The Kier molecular flexibility index (Phi) is 4.99. The van der Waals surface area contributed by atoms with Gasteiger partial charge in [0.1, 0.15) is 5.69 Å². The molecule has 5 nitrogen and oxygen atoms in total. The molecule has 0 spiro atoms. The molecule has 1 aliphatic rings. The zero-order chi connectivity index (χ0) is 14.7. The van der Waals surface area contributed by atoms with Crippen LogP contribution >= 0.6 is 15.9 Å². The van der Waals surface area contributed by atoms with E-state index in [0.717, 1.165) is 12.8 Å². The van der Waals surface area contributed by atoms with E-state index >= 15 is 0 Å². The van der Waals surface area contributed by atoms with E-state index in [1.807, 2.05) is 0 Å². The summed E-state index contributed by atoms with van der Waals surface area (Å²) in [4.78, 5) is 24.2. The van der Waals surface area contributed by atoms with Crippen molar-refractivity contribution in [2.24, 2.45) is 13.0 Å². The molecule has 0 unspecified atom stereocenters. The standard InChI is InChI=1S/C14H19BrN2O3/c1-3-10-6-9(4-5-20-10)14(19)16-12-8-17(2)7-11(15)13(12)18/h7-10H,3-6H2,1-2H3,(H,16,19)/t9-,10-/m1/s1. The Hall–Kier alpha value is -1.14. The van der Waals surface area contributed by atoms with Crippen molar-refractivity contribution in [2.75, 3.05) is 11.9 Å². The van der Waals surface area contributed by atoms with Crippen LogP contribution in [0.1, 0.15) is 26.2 Å². The van der Waals surface area contributed by atoms with Gasteiger partial charge in [0.2, 0.25) is 11.3 Å². The monoisotopic (exact) mass is 342 g/mol.